The van der Waals surface area contributed by atoms with Gasteiger partial charge in [0.25, 0.3) is 0 Å². The van der Waals surface area contributed by atoms with E-state index in [-0.39, 0.29) is 24.0 Å². The number of hydrogen-bond acceptors (Lipinski definition) is 3. The Kier molecular flexibility index (Phi) is 5.14. The Morgan fingerprint density at radius 1 is 1.06 bits per heavy atom. The SMILES string of the molecule is CC(C)(C)CC(=O)C[C@@H](CC(=O)O)C(=O)O. The van der Waals surface area contributed by atoms with Gasteiger partial charge < -0.3 is 10.2 Å². The summed E-state index contributed by atoms with van der Waals surface area (Å²) in [6.07, 6.45) is -0.458. The van der Waals surface area contributed by atoms with E-state index in [0.29, 0.717) is 0 Å². The summed E-state index contributed by atoms with van der Waals surface area (Å²) < 4.78 is 0. The molecule has 0 amide bonds. The predicted octanol–water partition coefficient (Wildman–Crippen LogP) is 1.56. The van der Waals surface area contributed by atoms with Gasteiger partial charge in [-0.1, -0.05) is 20.8 Å². The van der Waals surface area contributed by atoms with Gasteiger partial charge in [0.2, 0.25) is 0 Å². The van der Waals surface area contributed by atoms with Crippen molar-refractivity contribution in [2.45, 2.75) is 40.0 Å². The zero-order valence-corrected chi connectivity index (χ0v) is 9.82. The maximum atomic E-state index is 11.5. The molecule has 0 aliphatic heterocycles. The Bertz CT molecular complexity index is 287. The molecule has 0 aliphatic carbocycles. The molecule has 0 aromatic rings. The minimum Gasteiger partial charge on any atom is -0.481 e. The molecule has 0 saturated heterocycles. The lowest BCUT2D eigenvalue weighted by Gasteiger charge is -2.18. The lowest BCUT2D eigenvalue weighted by molar-refractivity contribution is -0.149. The lowest BCUT2D eigenvalue weighted by Crippen LogP contribution is -2.23. The van der Waals surface area contributed by atoms with E-state index >= 15 is 0 Å². The third-order valence-corrected chi connectivity index (χ3v) is 1.97. The van der Waals surface area contributed by atoms with E-state index in [1.54, 1.807) is 0 Å². The van der Waals surface area contributed by atoms with Crippen molar-refractivity contribution in [1.82, 2.24) is 0 Å². The van der Waals surface area contributed by atoms with Crippen molar-refractivity contribution in [3.05, 3.63) is 0 Å². The monoisotopic (exact) mass is 230 g/mol. The number of Topliss-reactive ketones (excluding diaryl/α,β-unsaturated/α-hetero) is 1. The Balaban J connectivity index is 4.35. The minimum atomic E-state index is -1.23. The Hall–Kier alpha value is -1.39. The van der Waals surface area contributed by atoms with Crippen LogP contribution in [0.2, 0.25) is 0 Å². The molecule has 0 saturated carbocycles. The number of rotatable bonds is 6. The molecule has 0 unspecified atom stereocenters. The van der Waals surface area contributed by atoms with Gasteiger partial charge in [-0.3, -0.25) is 14.4 Å². The minimum absolute atomic E-state index is 0.205. The first-order chi connectivity index (χ1) is 7.11. The zero-order valence-electron chi connectivity index (χ0n) is 9.82. The fraction of sp³-hybridized carbons (Fsp3) is 0.727. The molecule has 0 radical (unpaired) electrons. The van der Waals surface area contributed by atoms with Gasteiger partial charge in [0.15, 0.2) is 0 Å². The number of carboxylic acids is 2. The maximum Gasteiger partial charge on any atom is 0.307 e. The van der Waals surface area contributed by atoms with Crippen molar-refractivity contribution in [2.24, 2.45) is 11.3 Å². The number of aliphatic carboxylic acids is 2. The molecular weight excluding hydrogens is 212 g/mol. The van der Waals surface area contributed by atoms with Crippen molar-refractivity contribution in [1.29, 1.82) is 0 Å². The van der Waals surface area contributed by atoms with Crippen LogP contribution in [0, 0.1) is 11.3 Å². The van der Waals surface area contributed by atoms with Crippen LogP contribution in [0.3, 0.4) is 0 Å². The topological polar surface area (TPSA) is 91.7 Å². The number of carbonyl (C=O) groups excluding carboxylic acids is 1. The smallest absolute Gasteiger partial charge is 0.307 e. The first-order valence-electron chi connectivity index (χ1n) is 5.08. The Morgan fingerprint density at radius 3 is 1.88 bits per heavy atom. The summed E-state index contributed by atoms with van der Waals surface area (Å²) in [7, 11) is 0. The molecule has 0 bridgehead atoms. The summed E-state index contributed by atoms with van der Waals surface area (Å²) in [5, 5.41) is 17.3. The molecule has 0 rings (SSSR count). The van der Waals surface area contributed by atoms with E-state index in [9.17, 15) is 14.4 Å². The molecule has 0 fully saturated rings. The lowest BCUT2D eigenvalue weighted by atomic mass is 9.86. The fourth-order valence-corrected chi connectivity index (χ4v) is 1.40. The highest BCUT2D eigenvalue weighted by Gasteiger charge is 2.26. The van der Waals surface area contributed by atoms with Crippen molar-refractivity contribution >= 4 is 17.7 Å². The second kappa shape index (κ2) is 5.63. The van der Waals surface area contributed by atoms with E-state index < -0.39 is 24.3 Å². The van der Waals surface area contributed by atoms with Crippen LogP contribution >= 0.6 is 0 Å². The Morgan fingerprint density at radius 2 is 1.56 bits per heavy atom. The van der Waals surface area contributed by atoms with Crippen LogP contribution < -0.4 is 0 Å². The van der Waals surface area contributed by atoms with Gasteiger partial charge in [0, 0.05) is 12.8 Å². The highest BCUT2D eigenvalue weighted by molar-refractivity contribution is 5.86. The van der Waals surface area contributed by atoms with Gasteiger partial charge >= 0.3 is 11.9 Å². The third-order valence-electron chi connectivity index (χ3n) is 1.97. The van der Waals surface area contributed by atoms with Crippen molar-refractivity contribution in [3.63, 3.8) is 0 Å². The van der Waals surface area contributed by atoms with Crippen LogP contribution in [0.1, 0.15) is 40.0 Å². The first-order valence-corrected chi connectivity index (χ1v) is 5.08. The number of hydrogen-bond donors (Lipinski definition) is 2. The van der Waals surface area contributed by atoms with E-state index in [1.807, 2.05) is 20.8 Å². The quantitative estimate of drug-likeness (QED) is 0.722. The molecule has 0 aromatic heterocycles. The van der Waals surface area contributed by atoms with E-state index in [4.69, 9.17) is 10.2 Å². The van der Waals surface area contributed by atoms with Crippen molar-refractivity contribution in [3.8, 4) is 0 Å². The highest BCUT2D eigenvalue weighted by atomic mass is 16.4. The molecule has 0 aromatic carbocycles. The molecule has 16 heavy (non-hydrogen) atoms. The summed E-state index contributed by atoms with van der Waals surface area (Å²) in [5.74, 6) is -3.76. The third kappa shape index (κ3) is 6.98. The maximum absolute atomic E-state index is 11.5. The van der Waals surface area contributed by atoms with Crippen LogP contribution in [0.5, 0.6) is 0 Å². The molecule has 0 heterocycles. The molecule has 0 spiro atoms. The Labute approximate surface area is 94.5 Å². The van der Waals surface area contributed by atoms with Gasteiger partial charge in [-0.15, -0.1) is 0 Å². The summed E-state index contributed by atoms with van der Waals surface area (Å²) in [5.41, 5.74) is -0.205. The summed E-state index contributed by atoms with van der Waals surface area (Å²) >= 11 is 0. The second-order valence-corrected chi connectivity index (χ2v) is 5.11. The average molecular weight is 230 g/mol. The van der Waals surface area contributed by atoms with Gasteiger partial charge in [-0.05, 0) is 5.41 Å². The molecular formula is C11H18O5. The fourth-order valence-electron chi connectivity index (χ4n) is 1.40. The van der Waals surface area contributed by atoms with Crippen LogP contribution in [0.25, 0.3) is 0 Å². The summed E-state index contributed by atoms with van der Waals surface area (Å²) in [4.78, 5) is 32.6. The molecule has 5 nitrogen and oxygen atoms in total. The zero-order chi connectivity index (χ0) is 12.9. The van der Waals surface area contributed by atoms with E-state index in [0.717, 1.165) is 0 Å². The summed E-state index contributed by atoms with van der Waals surface area (Å²) in [6.45, 7) is 5.62. The van der Waals surface area contributed by atoms with Gasteiger partial charge in [-0.25, -0.2) is 0 Å². The molecule has 2 N–H and O–H groups in total. The molecule has 0 aliphatic rings. The van der Waals surface area contributed by atoms with Crippen LogP contribution in [0.15, 0.2) is 0 Å². The second-order valence-electron chi connectivity index (χ2n) is 5.11. The highest BCUT2D eigenvalue weighted by Crippen LogP contribution is 2.22. The van der Waals surface area contributed by atoms with Crippen molar-refractivity contribution in [2.75, 3.05) is 0 Å². The largest absolute Gasteiger partial charge is 0.481 e. The number of carboxylic acid groups (broad SMARTS) is 2. The normalized spacial score (nSPS) is 13.2. The van der Waals surface area contributed by atoms with E-state index in [1.165, 1.54) is 0 Å². The van der Waals surface area contributed by atoms with Gasteiger partial charge in [0.05, 0.1) is 12.3 Å². The van der Waals surface area contributed by atoms with Crippen molar-refractivity contribution < 1.29 is 24.6 Å². The van der Waals surface area contributed by atoms with Gasteiger partial charge in [-0.2, -0.15) is 0 Å². The standard InChI is InChI=1S/C11H18O5/c1-11(2,3)6-8(12)4-7(10(15)16)5-9(13)14/h7H,4-6H2,1-3H3,(H,13,14)(H,15,16)/t7-/m0/s1. The van der Waals surface area contributed by atoms with Crippen LogP contribution in [0.4, 0.5) is 0 Å². The summed E-state index contributed by atoms with van der Waals surface area (Å²) in [6, 6.07) is 0. The molecule has 1 atom stereocenters. The predicted molar refractivity (Wildman–Crippen MR) is 57.1 cm³/mol. The first kappa shape index (κ1) is 14.6. The average Bonchev–Trinajstić information content (AvgIpc) is 1.97. The number of carbonyl (C=O) groups is 3. The number of ketones is 1. The van der Waals surface area contributed by atoms with E-state index in [2.05, 4.69) is 0 Å². The van der Waals surface area contributed by atoms with Gasteiger partial charge in [0.1, 0.15) is 5.78 Å². The molecule has 5 heteroatoms. The van der Waals surface area contributed by atoms with Crippen LogP contribution in [-0.2, 0) is 14.4 Å². The molecule has 92 valence electrons. The van der Waals surface area contributed by atoms with Crippen LogP contribution in [-0.4, -0.2) is 27.9 Å².